The monoisotopic (exact) mass is 247 g/mol. The summed E-state index contributed by atoms with van der Waals surface area (Å²) >= 11 is 0. The van der Waals surface area contributed by atoms with E-state index >= 15 is 0 Å². The zero-order chi connectivity index (χ0) is 13.0. The molecule has 0 saturated heterocycles. The van der Waals surface area contributed by atoms with Gasteiger partial charge in [0, 0.05) is 50.4 Å². The maximum atomic E-state index is 12.1. The summed E-state index contributed by atoms with van der Waals surface area (Å²) in [5.41, 5.74) is 2.33. The number of amides is 1. The van der Waals surface area contributed by atoms with E-state index in [0.29, 0.717) is 19.0 Å². The van der Waals surface area contributed by atoms with Gasteiger partial charge in [0.1, 0.15) is 0 Å². The Labute approximate surface area is 108 Å². The number of carbonyl (C=O) groups excluding carboxylic acids is 1. The van der Waals surface area contributed by atoms with Crippen LogP contribution < -0.4 is 5.32 Å². The fourth-order valence-electron chi connectivity index (χ4n) is 2.20. The molecule has 1 aromatic heterocycles. The molecule has 1 N–H and O–H groups in total. The molecule has 98 valence electrons. The molecule has 0 unspecified atom stereocenters. The lowest BCUT2D eigenvalue weighted by Crippen LogP contribution is -2.38. The Morgan fingerprint density at radius 3 is 3.17 bits per heavy atom. The number of hydrogen-bond donors (Lipinski definition) is 1. The molecule has 0 spiro atoms. The summed E-state index contributed by atoms with van der Waals surface area (Å²) in [5, 5.41) is 3.27. The minimum Gasteiger partial charge on any atom is -0.338 e. The van der Waals surface area contributed by atoms with Crippen LogP contribution in [0.1, 0.15) is 31.5 Å². The molecule has 0 aliphatic carbocycles. The molecular formula is C14H21N3O. The normalized spacial score (nSPS) is 14.7. The zero-order valence-corrected chi connectivity index (χ0v) is 11.1. The third kappa shape index (κ3) is 3.29. The molecule has 0 fully saturated rings. The van der Waals surface area contributed by atoms with Gasteiger partial charge in [-0.05, 0) is 11.6 Å². The van der Waals surface area contributed by atoms with Crippen molar-refractivity contribution in [2.24, 2.45) is 0 Å². The Kier molecular flexibility index (Phi) is 4.31. The third-order valence-corrected chi connectivity index (χ3v) is 3.21. The number of rotatable bonds is 4. The van der Waals surface area contributed by atoms with Crippen molar-refractivity contribution in [1.82, 2.24) is 15.2 Å². The van der Waals surface area contributed by atoms with Gasteiger partial charge in [0.2, 0.25) is 5.91 Å². The highest BCUT2D eigenvalue weighted by atomic mass is 16.2. The molecule has 18 heavy (non-hydrogen) atoms. The van der Waals surface area contributed by atoms with Gasteiger partial charge in [0.25, 0.3) is 0 Å². The number of aromatic nitrogens is 1. The number of pyridine rings is 1. The largest absolute Gasteiger partial charge is 0.338 e. The molecule has 1 aromatic rings. The van der Waals surface area contributed by atoms with Crippen LogP contribution in [0.25, 0.3) is 0 Å². The molecule has 0 atom stereocenters. The first kappa shape index (κ1) is 13.0. The van der Waals surface area contributed by atoms with Crippen LogP contribution >= 0.6 is 0 Å². The number of hydrogen-bond acceptors (Lipinski definition) is 3. The third-order valence-electron chi connectivity index (χ3n) is 3.21. The first-order valence-electron chi connectivity index (χ1n) is 6.60. The lowest BCUT2D eigenvalue weighted by molar-refractivity contribution is -0.132. The van der Waals surface area contributed by atoms with Crippen molar-refractivity contribution in [1.29, 1.82) is 0 Å². The van der Waals surface area contributed by atoms with Crippen LogP contribution in [-0.4, -0.2) is 34.9 Å². The second-order valence-corrected chi connectivity index (χ2v) is 5.03. The summed E-state index contributed by atoms with van der Waals surface area (Å²) in [4.78, 5) is 18.3. The highest BCUT2D eigenvalue weighted by Gasteiger charge is 2.20. The van der Waals surface area contributed by atoms with Gasteiger partial charge in [0.05, 0.1) is 0 Å². The van der Waals surface area contributed by atoms with Gasteiger partial charge in [-0.1, -0.05) is 19.9 Å². The first-order chi connectivity index (χ1) is 8.66. The minimum absolute atomic E-state index is 0.234. The predicted molar refractivity (Wildman–Crippen MR) is 71.1 cm³/mol. The van der Waals surface area contributed by atoms with E-state index in [9.17, 15) is 4.79 Å². The highest BCUT2D eigenvalue weighted by Crippen LogP contribution is 2.16. The SMILES string of the molecule is CC(C)NCCC(=O)N1CCc2ncccc2C1. The number of carbonyl (C=O) groups is 1. The Bertz CT molecular complexity index is 417. The number of nitrogens with zero attached hydrogens (tertiary/aromatic N) is 2. The molecule has 1 amide bonds. The molecule has 0 radical (unpaired) electrons. The molecule has 1 aliphatic rings. The summed E-state index contributed by atoms with van der Waals surface area (Å²) in [6.07, 6.45) is 3.27. The fourth-order valence-corrected chi connectivity index (χ4v) is 2.20. The van der Waals surface area contributed by atoms with Gasteiger partial charge in [-0.15, -0.1) is 0 Å². The molecule has 0 bridgehead atoms. The van der Waals surface area contributed by atoms with Crippen molar-refractivity contribution in [3.8, 4) is 0 Å². The van der Waals surface area contributed by atoms with Crippen LogP contribution in [0.15, 0.2) is 18.3 Å². The minimum atomic E-state index is 0.234. The maximum Gasteiger partial charge on any atom is 0.224 e. The van der Waals surface area contributed by atoms with E-state index in [1.807, 2.05) is 17.2 Å². The van der Waals surface area contributed by atoms with Gasteiger partial charge < -0.3 is 10.2 Å². The van der Waals surface area contributed by atoms with Gasteiger partial charge in [-0.25, -0.2) is 0 Å². The summed E-state index contributed by atoms with van der Waals surface area (Å²) in [6.45, 7) is 6.45. The van der Waals surface area contributed by atoms with Crippen molar-refractivity contribution in [2.45, 2.75) is 39.3 Å². The second kappa shape index (κ2) is 5.96. The molecule has 0 saturated carbocycles. The zero-order valence-electron chi connectivity index (χ0n) is 11.1. The van der Waals surface area contributed by atoms with E-state index in [0.717, 1.165) is 25.2 Å². The molecule has 4 nitrogen and oxygen atoms in total. The summed E-state index contributed by atoms with van der Waals surface area (Å²) in [6, 6.07) is 4.44. The maximum absolute atomic E-state index is 12.1. The van der Waals surface area contributed by atoms with Crippen LogP contribution in [-0.2, 0) is 17.8 Å². The smallest absolute Gasteiger partial charge is 0.224 e. The van der Waals surface area contributed by atoms with Crippen LogP contribution in [0.2, 0.25) is 0 Å². The van der Waals surface area contributed by atoms with Gasteiger partial charge >= 0.3 is 0 Å². The average Bonchev–Trinajstić information content (AvgIpc) is 2.37. The van der Waals surface area contributed by atoms with E-state index in [1.54, 1.807) is 0 Å². The van der Waals surface area contributed by atoms with Gasteiger partial charge in [-0.2, -0.15) is 0 Å². The van der Waals surface area contributed by atoms with Crippen molar-refractivity contribution in [3.63, 3.8) is 0 Å². The molecular weight excluding hydrogens is 226 g/mol. The van der Waals surface area contributed by atoms with Crippen LogP contribution in [0, 0.1) is 0 Å². The molecule has 4 heteroatoms. The Morgan fingerprint density at radius 1 is 1.56 bits per heavy atom. The molecule has 2 heterocycles. The van der Waals surface area contributed by atoms with Crippen molar-refractivity contribution in [3.05, 3.63) is 29.6 Å². The second-order valence-electron chi connectivity index (χ2n) is 5.03. The van der Waals surface area contributed by atoms with Crippen LogP contribution in [0.5, 0.6) is 0 Å². The van der Waals surface area contributed by atoms with E-state index in [1.165, 1.54) is 5.56 Å². The standard InChI is InChI=1S/C14H21N3O/c1-11(2)15-8-5-14(18)17-9-6-13-12(10-17)4-3-7-16-13/h3-4,7,11,15H,5-6,8-10H2,1-2H3. The quantitative estimate of drug-likeness (QED) is 0.873. The van der Waals surface area contributed by atoms with Crippen LogP contribution in [0.3, 0.4) is 0 Å². The van der Waals surface area contributed by atoms with E-state index in [2.05, 4.69) is 30.2 Å². The lowest BCUT2D eigenvalue weighted by atomic mass is 10.1. The highest BCUT2D eigenvalue weighted by molar-refractivity contribution is 5.76. The van der Waals surface area contributed by atoms with Crippen LogP contribution in [0.4, 0.5) is 0 Å². The van der Waals surface area contributed by atoms with E-state index in [4.69, 9.17) is 0 Å². The number of nitrogens with one attached hydrogen (secondary N) is 1. The summed E-state index contributed by atoms with van der Waals surface area (Å²) in [7, 11) is 0. The lowest BCUT2D eigenvalue weighted by Gasteiger charge is -2.28. The van der Waals surface area contributed by atoms with Gasteiger partial charge in [0.15, 0.2) is 0 Å². The van der Waals surface area contributed by atoms with E-state index < -0.39 is 0 Å². The number of fused-ring (bicyclic) bond motifs is 1. The first-order valence-corrected chi connectivity index (χ1v) is 6.60. The molecule has 2 rings (SSSR count). The fraction of sp³-hybridized carbons (Fsp3) is 0.571. The predicted octanol–water partition coefficient (Wildman–Crippen LogP) is 1.35. The summed E-state index contributed by atoms with van der Waals surface area (Å²) < 4.78 is 0. The van der Waals surface area contributed by atoms with Gasteiger partial charge in [-0.3, -0.25) is 9.78 Å². The Balaban J connectivity index is 1.87. The average molecular weight is 247 g/mol. The molecule has 1 aliphatic heterocycles. The van der Waals surface area contributed by atoms with Crippen molar-refractivity contribution in [2.75, 3.05) is 13.1 Å². The van der Waals surface area contributed by atoms with Crippen molar-refractivity contribution < 1.29 is 4.79 Å². The topological polar surface area (TPSA) is 45.2 Å². The Hall–Kier alpha value is -1.42. The molecule has 0 aromatic carbocycles. The van der Waals surface area contributed by atoms with Crippen molar-refractivity contribution >= 4 is 5.91 Å². The Morgan fingerprint density at radius 2 is 2.39 bits per heavy atom. The summed E-state index contributed by atoms with van der Waals surface area (Å²) in [5.74, 6) is 0.234. The van der Waals surface area contributed by atoms with E-state index in [-0.39, 0.29) is 5.91 Å².